The van der Waals surface area contributed by atoms with Gasteiger partial charge in [-0.25, -0.2) is 0 Å². The van der Waals surface area contributed by atoms with Crippen LogP contribution in [-0.2, 0) is 64.0 Å². The monoisotopic (exact) mass is 1460 g/mol. The Morgan fingerprint density at radius 2 is 0.769 bits per heavy atom. The molecule has 584 valence electrons. The third-order valence-corrected chi connectivity index (χ3v) is 17.6. The number of nitrogens with two attached hydrogens (primary N) is 9. The summed E-state index contributed by atoms with van der Waals surface area (Å²) in [7, 11) is 0. The SMILES string of the molecule is CC[C@H](C)[C@H](NC(=O)[C@H](CCCN=C(N)N)NC(=O)[C@@H](NC(=O)[C@H](C)NC(=O)[C@@H](NC(=O)[C@@H](NC(=O)[C@H](CC(C)C)NC(=O)[C@H](CCCN=C(N)N)NC(=O)[C@@H](N)C(C)C)[C@@H](C)CC)C(C)C)C(C)C)C(=O)N[C@@H](Cc1c[nH]c2ccccc12)C(=O)N[C@@H](CCCN=C(N)N)C(=O)N[C@@H](CN)C(N)=O. The van der Waals surface area contributed by atoms with E-state index in [1.165, 1.54) is 6.92 Å². The Morgan fingerprint density at radius 3 is 1.19 bits per heavy atom. The largest absolute Gasteiger partial charge is 0.370 e. The van der Waals surface area contributed by atoms with E-state index in [0.717, 1.165) is 5.52 Å². The maximum atomic E-state index is 14.8. The van der Waals surface area contributed by atoms with Crippen LogP contribution in [0.1, 0.15) is 153 Å². The molecular formula is C68H120N24O12. The van der Waals surface area contributed by atoms with E-state index in [0.29, 0.717) is 23.8 Å². The van der Waals surface area contributed by atoms with Gasteiger partial charge in [0.15, 0.2) is 17.9 Å². The lowest BCUT2D eigenvalue weighted by molar-refractivity contribution is -0.137. The maximum Gasteiger partial charge on any atom is 0.243 e. The van der Waals surface area contributed by atoms with E-state index in [1.54, 1.807) is 87.6 Å². The Morgan fingerprint density at radius 1 is 0.413 bits per heavy atom. The van der Waals surface area contributed by atoms with Gasteiger partial charge in [0.25, 0.3) is 0 Å². The van der Waals surface area contributed by atoms with Gasteiger partial charge < -0.3 is 115 Å². The van der Waals surface area contributed by atoms with Crippen molar-refractivity contribution in [3.63, 3.8) is 0 Å². The molecule has 1 heterocycles. The second-order valence-electron chi connectivity index (χ2n) is 27.7. The third-order valence-electron chi connectivity index (χ3n) is 17.6. The first-order chi connectivity index (χ1) is 48.8. The minimum atomic E-state index is -1.43. The smallest absolute Gasteiger partial charge is 0.243 e. The van der Waals surface area contributed by atoms with Crippen LogP contribution in [-0.4, -0.2) is 192 Å². The molecule has 0 aliphatic rings. The van der Waals surface area contributed by atoms with Gasteiger partial charge in [-0.3, -0.25) is 72.5 Å². The normalized spacial score (nSPS) is 15.4. The van der Waals surface area contributed by atoms with E-state index in [-0.39, 0.29) is 107 Å². The summed E-state index contributed by atoms with van der Waals surface area (Å²) in [5.41, 5.74) is 51.9. The molecule has 1 aromatic heterocycles. The molecule has 14 atom stereocenters. The molecule has 0 aliphatic heterocycles. The number of nitrogens with one attached hydrogen (secondary N) is 12. The van der Waals surface area contributed by atoms with Crippen LogP contribution in [0.2, 0.25) is 0 Å². The van der Waals surface area contributed by atoms with Crippen LogP contribution in [0.15, 0.2) is 45.4 Å². The van der Waals surface area contributed by atoms with Gasteiger partial charge in [-0.15, -0.1) is 0 Å². The Hall–Kier alpha value is -9.87. The van der Waals surface area contributed by atoms with Crippen molar-refractivity contribution in [3.05, 3.63) is 36.0 Å². The first kappa shape index (κ1) is 90.2. The standard InChI is InChI=1S/C68H120N24O12/c1-14-37(11)52(64(103)87-47(30-40-32-81-42-22-17-16-21-41(40)42)59(98)83-43(23-18-26-78-66(72)73)57(96)88-48(31-69)54(71)93)91-58(97)45(25-20-28-80-68(76)77)85-63(102)51(36(9)10)89-55(94)39(13)82-62(101)50(35(7)8)90-65(104)53(38(12)15-2)92-60(99)46(29-33(3)4)86-56(95)44(24-19-27-79-67(74)75)84-61(100)49(70)34(5)6/h16-17,21-22,32-39,43-53,81H,14-15,18-20,23-31,69-70H2,1-13H3,(H2,71,93)(H,82,101)(H,83,98)(H,84,100)(H,85,102)(H,86,95)(H,87,103)(H,88,96)(H,89,94)(H,90,104)(H,91,97)(H,92,99)(H4,72,73,78)(H4,74,75,79)(H4,76,77,80)/t37-,38-,39-,43-,44-,45-,46-,47-,48-,49-,50-,51-,52-,53-/m0/s1. The van der Waals surface area contributed by atoms with E-state index in [1.807, 2.05) is 26.0 Å². The number of nitrogens with zero attached hydrogens (tertiary/aromatic N) is 3. The summed E-state index contributed by atoms with van der Waals surface area (Å²) >= 11 is 0. The fourth-order valence-electron chi connectivity index (χ4n) is 10.8. The number of hydrogen-bond donors (Lipinski definition) is 21. The van der Waals surface area contributed by atoms with Crippen molar-refractivity contribution in [3.8, 4) is 0 Å². The molecule has 0 unspecified atom stereocenters. The first-order valence-electron chi connectivity index (χ1n) is 35.6. The number of guanidine groups is 3. The number of aromatic amines is 1. The number of aromatic nitrogens is 1. The van der Waals surface area contributed by atoms with E-state index in [2.05, 4.69) is 78.4 Å². The van der Waals surface area contributed by atoms with Crippen molar-refractivity contribution in [2.45, 2.75) is 227 Å². The zero-order valence-corrected chi connectivity index (χ0v) is 62.6. The number of primary amides is 1. The molecule has 1 aromatic carbocycles. The fourth-order valence-corrected chi connectivity index (χ4v) is 10.8. The number of H-pyrrole nitrogens is 1. The van der Waals surface area contributed by atoms with Crippen LogP contribution < -0.4 is 110 Å². The molecule has 0 saturated carbocycles. The highest BCUT2D eigenvalue weighted by atomic mass is 16.2. The molecule has 0 radical (unpaired) electrons. The highest BCUT2D eigenvalue weighted by Crippen LogP contribution is 2.21. The van der Waals surface area contributed by atoms with Gasteiger partial charge >= 0.3 is 0 Å². The summed E-state index contributed by atoms with van der Waals surface area (Å²) in [5, 5.41) is 30.5. The lowest BCUT2D eigenvalue weighted by Crippen LogP contribution is -2.62. The molecule has 36 nitrogen and oxygen atoms in total. The summed E-state index contributed by atoms with van der Waals surface area (Å²) in [6.07, 6.45) is 2.83. The van der Waals surface area contributed by atoms with Crippen LogP contribution in [0.4, 0.5) is 0 Å². The van der Waals surface area contributed by atoms with Crippen molar-refractivity contribution < 1.29 is 57.5 Å². The molecule has 2 rings (SSSR count). The summed E-state index contributed by atoms with van der Waals surface area (Å²) in [6.45, 7) is 21.9. The summed E-state index contributed by atoms with van der Waals surface area (Å²) in [4.78, 5) is 184. The van der Waals surface area contributed by atoms with Crippen molar-refractivity contribution in [1.82, 2.24) is 63.5 Å². The number of aliphatic imine (C=N–C) groups is 3. The van der Waals surface area contributed by atoms with Crippen molar-refractivity contribution >= 4 is 99.7 Å². The van der Waals surface area contributed by atoms with E-state index in [9.17, 15) is 57.5 Å². The highest BCUT2D eigenvalue weighted by Gasteiger charge is 2.39. The van der Waals surface area contributed by atoms with Gasteiger partial charge in [0.2, 0.25) is 70.9 Å². The number of amides is 12. The van der Waals surface area contributed by atoms with E-state index >= 15 is 0 Å². The lowest BCUT2D eigenvalue weighted by atomic mass is 9.95. The number of fused-ring (bicyclic) bond motifs is 1. The highest BCUT2D eigenvalue weighted by molar-refractivity contribution is 6.00. The quantitative estimate of drug-likeness (QED) is 0.0171. The van der Waals surface area contributed by atoms with Crippen molar-refractivity contribution in [2.75, 3.05) is 26.2 Å². The second kappa shape index (κ2) is 45.3. The van der Waals surface area contributed by atoms with Crippen LogP contribution in [0.25, 0.3) is 10.9 Å². The molecule has 0 bridgehead atoms. The Labute approximate surface area is 609 Å². The van der Waals surface area contributed by atoms with E-state index < -0.39 is 167 Å². The predicted molar refractivity (Wildman–Crippen MR) is 398 cm³/mol. The Bertz CT molecular complexity index is 3270. The van der Waals surface area contributed by atoms with Gasteiger partial charge in [0, 0.05) is 49.7 Å². The fraction of sp³-hybridized carbons (Fsp3) is 0.662. The van der Waals surface area contributed by atoms with Crippen LogP contribution >= 0.6 is 0 Å². The van der Waals surface area contributed by atoms with Crippen LogP contribution in [0.3, 0.4) is 0 Å². The molecule has 36 heteroatoms. The van der Waals surface area contributed by atoms with E-state index in [4.69, 9.17) is 51.6 Å². The Balaban J connectivity index is 2.49. The maximum absolute atomic E-state index is 14.8. The molecule has 0 spiro atoms. The molecule has 0 saturated heterocycles. The number of carbonyl (C=O) groups is 12. The second-order valence-corrected chi connectivity index (χ2v) is 27.7. The molecule has 2 aromatic rings. The minimum Gasteiger partial charge on any atom is -0.370 e. The van der Waals surface area contributed by atoms with Gasteiger partial charge in [0.1, 0.15) is 66.5 Å². The first-order valence-corrected chi connectivity index (χ1v) is 35.6. The van der Waals surface area contributed by atoms with Crippen molar-refractivity contribution in [1.29, 1.82) is 0 Å². The Kier molecular flexibility index (Phi) is 39.3. The van der Waals surface area contributed by atoms with Gasteiger partial charge in [-0.2, -0.15) is 0 Å². The molecular weight excluding hydrogens is 1340 g/mol. The zero-order valence-electron chi connectivity index (χ0n) is 62.6. The molecule has 0 fully saturated rings. The molecule has 30 N–H and O–H groups in total. The molecule has 104 heavy (non-hydrogen) atoms. The molecule has 0 aliphatic carbocycles. The average molecular weight is 1470 g/mol. The van der Waals surface area contributed by atoms with Gasteiger partial charge in [0.05, 0.1) is 6.04 Å². The average Bonchev–Trinajstić information content (AvgIpc) is 1.76. The topological polar surface area (TPSA) is 624 Å². The zero-order chi connectivity index (χ0) is 78.8. The number of benzene rings is 1. The van der Waals surface area contributed by atoms with Crippen molar-refractivity contribution in [2.24, 2.45) is 102 Å². The summed E-state index contributed by atoms with van der Waals surface area (Å²) < 4.78 is 0. The van der Waals surface area contributed by atoms with Gasteiger partial charge in [-0.1, -0.05) is 114 Å². The lowest BCUT2D eigenvalue weighted by Gasteiger charge is -2.31. The van der Waals surface area contributed by atoms with Crippen LogP contribution in [0.5, 0.6) is 0 Å². The number of para-hydroxylation sites is 1. The predicted octanol–water partition coefficient (Wildman–Crippen LogP) is -3.90. The number of rotatable bonds is 47. The number of carbonyl (C=O) groups excluding carboxylic acids is 12. The summed E-state index contributed by atoms with van der Waals surface area (Å²) in [5.74, 6) is -12.9. The minimum absolute atomic E-state index is 0.0130. The van der Waals surface area contributed by atoms with Crippen LogP contribution in [0, 0.1) is 35.5 Å². The third kappa shape index (κ3) is 31.0. The van der Waals surface area contributed by atoms with Gasteiger partial charge in [-0.05, 0) is 99.0 Å². The summed E-state index contributed by atoms with van der Waals surface area (Å²) in [6, 6.07) is -8.13. The number of hydrogen-bond acceptors (Lipinski definition) is 17. The molecule has 12 amide bonds.